The van der Waals surface area contributed by atoms with Gasteiger partial charge in [-0.3, -0.25) is 14.7 Å². The van der Waals surface area contributed by atoms with Crippen LogP contribution < -0.4 is 0 Å². The number of carbonyl (C=O) groups excluding carboxylic acids is 1. The van der Waals surface area contributed by atoms with E-state index in [4.69, 9.17) is 0 Å². The molecule has 5 nitrogen and oxygen atoms in total. The van der Waals surface area contributed by atoms with Crippen LogP contribution >= 0.6 is 0 Å². The van der Waals surface area contributed by atoms with Gasteiger partial charge in [0.15, 0.2) is 0 Å². The predicted molar refractivity (Wildman–Crippen MR) is 51.4 cm³/mol. The lowest BCUT2D eigenvalue weighted by Gasteiger charge is -2.31. The third kappa shape index (κ3) is 1.54. The second-order valence-corrected chi connectivity index (χ2v) is 3.91. The van der Waals surface area contributed by atoms with Crippen molar-refractivity contribution in [2.45, 2.75) is 31.1 Å². The Morgan fingerprint density at radius 1 is 1.47 bits per heavy atom. The fourth-order valence-corrected chi connectivity index (χ4v) is 2.09. The minimum atomic E-state index is -0.916. The van der Waals surface area contributed by atoms with Gasteiger partial charge >= 0.3 is 5.97 Å². The summed E-state index contributed by atoms with van der Waals surface area (Å²) in [6, 6.07) is 0. The van der Waals surface area contributed by atoms with Crippen LogP contribution in [-0.2, 0) is 15.0 Å². The van der Waals surface area contributed by atoms with Gasteiger partial charge < -0.3 is 5.11 Å². The molecule has 0 saturated heterocycles. The molecule has 0 unspecified atom stereocenters. The maximum Gasteiger partial charge on any atom is 0.314 e. The summed E-state index contributed by atoms with van der Waals surface area (Å²) in [4.78, 5) is 22.5. The van der Waals surface area contributed by atoms with E-state index in [0.29, 0.717) is 31.2 Å². The van der Waals surface area contributed by atoms with Gasteiger partial charge in [-0.1, -0.05) is 0 Å². The molecule has 1 fully saturated rings. The molecule has 2 N–H and O–H groups in total. The number of Topliss-reactive ketones (excluding diaryl/α,β-unsaturated/α-hetero) is 1. The summed E-state index contributed by atoms with van der Waals surface area (Å²) >= 11 is 0. The van der Waals surface area contributed by atoms with Gasteiger partial charge in [-0.25, -0.2) is 0 Å². The van der Waals surface area contributed by atoms with Crippen molar-refractivity contribution in [2.75, 3.05) is 0 Å². The van der Waals surface area contributed by atoms with Crippen molar-refractivity contribution >= 4 is 11.8 Å². The van der Waals surface area contributed by atoms with Crippen molar-refractivity contribution in [2.24, 2.45) is 0 Å². The summed E-state index contributed by atoms with van der Waals surface area (Å²) in [5, 5.41) is 15.7. The number of hydrogen-bond acceptors (Lipinski definition) is 3. The van der Waals surface area contributed by atoms with Crippen LogP contribution in [0, 0.1) is 0 Å². The summed E-state index contributed by atoms with van der Waals surface area (Å²) in [5.41, 5.74) is -0.247. The number of nitrogens with zero attached hydrogens (tertiary/aromatic N) is 1. The molecule has 1 aromatic rings. The van der Waals surface area contributed by atoms with Crippen molar-refractivity contribution in [3.05, 3.63) is 18.0 Å². The molecule has 1 aliphatic carbocycles. The summed E-state index contributed by atoms with van der Waals surface area (Å²) in [6.45, 7) is 0. The van der Waals surface area contributed by atoms with E-state index < -0.39 is 11.4 Å². The lowest BCUT2D eigenvalue weighted by atomic mass is 9.70. The van der Waals surface area contributed by atoms with Crippen LogP contribution in [0.15, 0.2) is 12.4 Å². The van der Waals surface area contributed by atoms with E-state index in [1.807, 2.05) is 0 Å². The molecule has 1 aromatic heterocycles. The van der Waals surface area contributed by atoms with Gasteiger partial charge in [-0.05, 0) is 12.8 Å². The zero-order valence-electron chi connectivity index (χ0n) is 8.19. The van der Waals surface area contributed by atoms with Crippen molar-refractivity contribution in [1.82, 2.24) is 10.2 Å². The average Bonchev–Trinajstić information content (AvgIpc) is 2.72. The van der Waals surface area contributed by atoms with Crippen LogP contribution in [0.1, 0.15) is 31.2 Å². The quantitative estimate of drug-likeness (QED) is 0.755. The first-order chi connectivity index (χ1) is 7.15. The molecule has 0 radical (unpaired) electrons. The molecule has 0 bridgehead atoms. The molecule has 1 heterocycles. The van der Waals surface area contributed by atoms with Crippen LogP contribution in [0.5, 0.6) is 0 Å². The highest BCUT2D eigenvalue weighted by Gasteiger charge is 2.43. The smallest absolute Gasteiger partial charge is 0.314 e. The van der Waals surface area contributed by atoms with E-state index in [-0.39, 0.29) is 5.78 Å². The van der Waals surface area contributed by atoms with E-state index in [9.17, 15) is 14.7 Å². The zero-order valence-corrected chi connectivity index (χ0v) is 8.19. The van der Waals surface area contributed by atoms with Crippen LogP contribution in [0.25, 0.3) is 0 Å². The SMILES string of the molecule is O=C1CCC(C(=O)O)(c2cn[nH]c2)CC1. The van der Waals surface area contributed by atoms with E-state index in [1.165, 1.54) is 6.20 Å². The van der Waals surface area contributed by atoms with Gasteiger partial charge in [0.2, 0.25) is 0 Å². The monoisotopic (exact) mass is 208 g/mol. The van der Waals surface area contributed by atoms with Crippen LogP contribution in [0.2, 0.25) is 0 Å². The maximum atomic E-state index is 11.3. The highest BCUT2D eigenvalue weighted by Crippen LogP contribution is 2.38. The van der Waals surface area contributed by atoms with Gasteiger partial charge in [-0.15, -0.1) is 0 Å². The third-order valence-corrected chi connectivity index (χ3v) is 3.12. The number of rotatable bonds is 2. The fraction of sp³-hybridized carbons (Fsp3) is 0.500. The van der Waals surface area contributed by atoms with E-state index in [1.54, 1.807) is 6.20 Å². The highest BCUT2D eigenvalue weighted by molar-refractivity contribution is 5.87. The number of aromatic amines is 1. The first-order valence-corrected chi connectivity index (χ1v) is 4.89. The first kappa shape index (κ1) is 9.89. The Hall–Kier alpha value is -1.65. The molecular formula is C10H12N2O3. The number of hydrogen-bond donors (Lipinski definition) is 2. The molecule has 0 spiro atoms. The fourth-order valence-electron chi connectivity index (χ4n) is 2.09. The van der Waals surface area contributed by atoms with E-state index in [0.717, 1.165) is 0 Å². The Morgan fingerprint density at radius 2 is 2.13 bits per heavy atom. The third-order valence-electron chi connectivity index (χ3n) is 3.12. The molecule has 0 aromatic carbocycles. The highest BCUT2D eigenvalue weighted by atomic mass is 16.4. The molecule has 15 heavy (non-hydrogen) atoms. The number of H-pyrrole nitrogens is 1. The minimum absolute atomic E-state index is 0.148. The van der Waals surface area contributed by atoms with Crippen LogP contribution in [0.4, 0.5) is 0 Å². The molecule has 0 amide bonds. The Bertz CT molecular complexity index is 373. The summed E-state index contributed by atoms with van der Waals surface area (Å²) in [5.74, 6) is -0.716. The minimum Gasteiger partial charge on any atom is -0.481 e. The van der Waals surface area contributed by atoms with Gasteiger partial charge in [0, 0.05) is 24.6 Å². The van der Waals surface area contributed by atoms with Crippen molar-refractivity contribution in [1.29, 1.82) is 0 Å². The van der Waals surface area contributed by atoms with Crippen LogP contribution in [0.3, 0.4) is 0 Å². The summed E-state index contributed by atoms with van der Waals surface area (Å²) in [7, 11) is 0. The molecule has 0 aliphatic heterocycles. The largest absolute Gasteiger partial charge is 0.481 e. The second-order valence-electron chi connectivity index (χ2n) is 3.91. The Balaban J connectivity index is 2.34. The second kappa shape index (κ2) is 3.49. The number of aromatic nitrogens is 2. The number of aliphatic carboxylic acids is 1. The average molecular weight is 208 g/mol. The first-order valence-electron chi connectivity index (χ1n) is 4.89. The molecular weight excluding hydrogens is 196 g/mol. The lowest BCUT2D eigenvalue weighted by Crippen LogP contribution is -2.39. The Kier molecular flexibility index (Phi) is 2.30. The number of carboxylic acid groups (broad SMARTS) is 1. The van der Waals surface area contributed by atoms with Crippen molar-refractivity contribution in [3.8, 4) is 0 Å². The van der Waals surface area contributed by atoms with Gasteiger partial charge in [-0.2, -0.15) is 5.10 Å². The van der Waals surface area contributed by atoms with Gasteiger partial charge in [0.1, 0.15) is 5.78 Å². The standard InChI is InChI=1S/C10H12N2O3/c13-8-1-3-10(4-2-8,9(14)15)7-5-11-12-6-7/h5-6H,1-4H2,(H,11,12)(H,14,15). The molecule has 80 valence electrons. The molecule has 1 aliphatic rings. The zero-order chi connectivity index (χ0) is 10.9. The molecule has 2 rings (SSSR count). The topological polar surface area (TPSA) is 83.1 Å². The molecule has 0 atom stereocenters. The van der Waals surface area contributed by atoms with Gasteiger partial charge in [0.05, 0.1) is 11.6 Å². The van der Waals surface area contributed by atoms with Crippen molar-refractivity contribution < 1.29 is 14.7 Å². The predicted octanol–water partition coefficient (Wildman–Crippen LogP) is 0.875. The number of carbonyl (C=O) groups is 2. The Labute approximate surface area is 86.5 Å². The lowest BCUT2D eigenvalue weighted by molar-refractivity contribution is -0.146. The summed E-state index contributed by atoms with van der Waals surface area (Å²) < 4.78 is 0. The number of nitrogens with one attached hydrogen (secondary N) is 1. The van der Waals surface area contributed by atoms with Crippen LogP contribution in [-0.4, -0.2) is 27.1 Å². The summed E-state index contributed by atoms with van der Waals surface area (Å²) in [6.07, 6.45) is 4.57. The molecule has 5 heteroatoms. The van der Waals surface area contributed by atoms with Crippen molar-refractivity contribution in [3.63, 3.8) is 0 Å². The van der Waals surface area contributed by atoms with E-state index >= 15 is 0 Å². The maximum absolute atomic E-state index is 11.3. The Morgan fingerprint density at radius 3 is 2.60 bits per heavy atom. The number of carboxylic acids is 1. The van der Waals surface area contributed by atoms with E-state index in [2.05, 4.69) is 10.2 Å². The molecule has 1 saturated carbocycles. The van der Waals surface area contributed by atoms with Gasteiger partial charge in [0.25, 0.3) is 0 Å². The number of ketones is 1. The normalized spacial score (nSPS) is 20.1.